The maximum Gasteiger partial charge on any atom is 0.0495 e. The molecule has 1 aliphatic heterocycles. The van der Waals surface area contributed by atoms with Crippen LogP contribution in [0.1, 0.15) is 12.8 Å². The van der Waals surface area contributed by atoms with Crippen LogP contribution in [-0.4, -0.2) is 19.8 Å². The van der Waals surface area contributed by atoms with Crippen molar-refractivity contribution in [1.29, 1.82) is 0 Å². The summed E-state index contributed by atoms with van der Waals surface area (Å²) in [6.07, 6.45) is 2.36. The van der Waals surface area contributed by atoms with Crippen molar-refractivity contribution in [2.24, 2.45) is 11.7 Å². The molecule has 1 atom stereocenters. The Bertz CT molecular complexity index is 64.1. The van der Waals surface area contributed by atoms with Crippen LogP contribution in [0.5, 0.6) is 0 Å². The minimum absolute atomic E-state index is 0. The Kier molecular flexibility index (Phi) is 5.15. The fourth-order valence-electron chi connectivity index (χ4n) is 1.05. The predicted octanol–water partition coefficient (Wildman–Crippen LogP) is 0.793. The molecule has 2 N–H and O–H groups in total. The molecule has 56 valence electrons. The molecule has 0 aromatic carbocycles. The highest BCUT2D eigenvalue weighted by atomic mass is 35.5. The molecule has 0 radical (unpaired) electrons. The van der Waals surface area contributed by atoms with Crippen molar-refractivity contribution in [2.75, 3.05) is 19.8 Å². The van der Waals surface area contributed by atoms with Crippen LogP contribution >= 0.6 is 12.4 Å². The zero-order valence-corrected chi connectivity index (χ0v) is 6.32. The molecule has 0 aromatic rings. The fourth-order valence-corrected chi connectivity index (χ4v) is 1.05. The Morgan fingerprint density at radius 1 is 1.56 bits per heavy atom. The van der Waals surface area contributed by atoms with Gasteiger partial charge in [0.05, 0.1) is 0 Å². The molecule has 1 unspecified atom stereocenters. The summed E-state index contributed by atoms with van der Waals surface area (Å²) in [5, 5.41) is 0. The van der Waals surface area contributed by atoms with E-state index in [1.807, 2.05) is 0 Å². The van der Waals surface area contributed by atoms with E-state index in [2.05, 4.69) is 0 Å². The zero-order chi connectivity index (χ0) is 5.82. The van der Waals surface area contributed by atoms with E-state index in [0.29, 0.717) is 0 Å². The van der Waals surface area contributed by atoms with Crippen molar-refractivity contribution in [2.45, 2.75) is 12.8 Å². The number of rotatable bonds is 2. The third-order valence-corrected chi connectivity index (χ3v) is 1.60. The monoisotopic (exact) mass is 151 g/mol. The number of hydrogen-bond donors (Lipinski definition) is 1. The molecule has 0 saturated carbocycles. The second-order valence-corrected chi connectivity index (χ2v) is 2.31. The van der Waals surface area contributed by atoms with Gasteiger partial charge < -0.3 is 10.5 Å². The maximum atomic E-state index is 5.35. The highest BCUT2D eigenvalue weighted by Crippen LogP contribution is 2.14. The average Bonchev–Trinajstić information content (AvgIpc) is 2.19. The van der Waals surface area contributed by atoms with Gasteiger partial charge in [-0.25, -0.2) is 0 Å². The quantitative estimate of drug-likeness (QED) is 0.634. The summed E-state index contributed by atoms with van der Waals surface area (Å²) in [7, 11) is 0. The lowest BCUT2D eigenvalue weighted by molar-refractivity contribution is 0.184. The van der Waals surface area contributed by atoms with Gasteiger partial charge in [-0.05, 0) is 25.3 Å². The minimum atomic E-state index is 0. The molecule has 1 rings (SSSR count). The number of hydrogen-bond acceptors (Lipinski definition) is 2. The van der Waals surface area contributed by atoms with Crippen LogP contribution < -0.4 is 5.73 Å². The standard InChI is InChI=1S/C6H13NO.ClH/c7-3-1-6-2-4-8-5-6;/h6H,1-5,7H2;1H. The Morgan fingerprint density at radius 3 is 2.78 bits per heavy atom. The molecular formula is C6H14ClNO. The van der Waals surface area contributed by atoms with Crippen LogP contribution in [0.15, 0.2) is 0 Å². The molecule has 1 saturated heterocycles. The van der Waals surface area contributed by atoms with Gasteiger partial charge in [-0.3, -0.25) is 0 Å². The largest absolute Gasteiger partial charge is 0.381 e. The van der Waals surface area contributed by atoms with E-state index in [9.17, 15) is 0 Å². The third-order valence-electron chi connectivity index (χ3n) is 1.60. The van der Waals surface area contributed by atoms with Crippen LogP contribution in [0.4, 0.5) is 0 Å². The van der Waals surface area contributed by atoms with Crippen LogP contribution in [0.2, 0.25) is 0 Å². The molecule has 1 fully saturated rings. The Labute approximate surface area is 62.2 Å². The number of ether oxygens (including phenoxy) is 1. The van der Waals surface area contributed by atoms with E-state index in [-0.39, 0.29) is 12.4 Å². The Morgan fingerprint density at radius 2 is 2.33 bits per heavy atom. The number of halogens is 1. The molecule has 1 heterocycles. The summed E-state index contributed by atoms with van der Waals surface area (Å²) >= 11 is 0. The summed E-state index contributed by atoms with van der Waals surface area (Å²) in [6, 6.07) is 0. The molecule has 9 heavy (non-hydrogen) atoms. The van der Waals surface area contributed by atoms with Crippen molar-refractivity contribution in [3.63, 3.8) is 0 Å². The van der Waals surface area contributed by atoms with Gasteiger partial charge in [-0.2, -0.15) is 0 Å². The molecular weight excluding hydrogens is 138 g/mol. The van der Waals surface area contributed by atoms with E-state index in [1.54, 1.807) is 0 Å². The fraction of sp³-hybridized carbons (Fsp3) is 1.00. The molecule has 3 heteroatoms. The maximum absolute atomic E-state index is 5.35. The zero-order valence-electron chi connectivity index (χ0n) is 5.51. The topological polar surface area (TPSA) is 35.2 Å². The highest BCUT2D eigenvalue weighted by molar-refractivity contribution is 5.85. The molecule has 0 amide bonds. The van der Waals surface area contributed by atoms with E-state index >= 15 is 0 Å². The molecule has 2 nitrogen and oxygen atoms in total. The summed E-state index contributed by atoms with van der Waals surface area (Å²) in [4.78, 5) is 0. The van der Waals surface area contributed by atoms with Gasteiger partial charge in [-0.1, -0.05) is 0 Å². The molecule has 0 bridgehead atoms. The lowest BCUT2D eigenvalue weighted by atomic mass is 10.1. The van der Waals surface area contributed by atoms with Crippen LogP contribution in [0, 0.1) is 5.92 Å². The van der Waals surface area contributed by atoms with Gasteiger partial charge in [-0.15, -0.1) is 12.4 Å². The van der Waals surface area contributed by atoms with Crippen molar-refractivity contribution >= 4 is 12.4 Å². The molecule has 0 spiro atoms. The van der Waals surface area contributed by atoms with E-state index < -0.39 is 0 Å². The first-order chi connectivity index (χ1) is 3.93. The van der Waals surface area contributed by atoms with E-state index in [0.717, 1.165) is 32.1 Å². The van der Waals surface area contributed by atoms with Gasteiger partial charge in [0.1, 0.15) is 0 Å². The van der Waals surface area contributed by atoms with Gasteiger partial charge in [0, 0.05) is 13.2 Å². The van der Waals surface area contributed by atoms with Gasteiger partial charge in [0.15, 0.2) is 0 Å². The minimum Gasteiger partial charge on any atom is -0.381 e. The van der Waals surface area contributed by atoms with Crippen molar-refractivity contribution in [3.05, 3.63) is 0 Å². The normalized spacial score (nSPS) is 25.7. The lowest BCUT2D eigenvalue weighted by Gasteiger charge is -2.01. The third kappa shape index (κ3) is 3.04. The highest BCUT2D eigenvalue weighted by Gasteiger charge is 2.13. The van der Waals surface area contributed by atoms with Crippen molar-refractivity contribution in [3.8, 4) is 0 Å². The second-order valence-electron chi connectivity index (χ2n) is 2.31. The summed E-state index contributed by atoms with van der Waals surface area (Å²) < 4.78 is 5.15. The first kappa shape index (κ1) is 9.21. The van der Waals surface area contributed by atoms with Crippen molar-refractivity contribution < 1.29 is 4.74 Å². The predicted molar refractivity (Wildman–Crippen MR) is 39.8 cm³/mol. The molecule has 1 aliphatic rings. The van der Waals surface area contributed by atoms with Crippen LogP contribution in [0.3, 0.4) is 0 Å². The van der Waals surface area contributed by atoms with Gasteiger partial charge >= 0.3 is 0 Å². The Balaban J connectivity index is 0.000000640. The SMILES string of the molecule is Cl.NCCC1CCOC1. The van der Waals surface area contributed by atoms with Crippen LogP contribution in [-0.2, 0) is 4.74 Å². The summed E-state index contributed by atoms with van der Waals surface area (Å²) in [5.74, 6) is 0.764. The Hall–Kier alpha value is 0.210. The number of nitrogens with two attached hydrogens (primary N) is 1. The second kappa shape index (κ2) is 5.03. The summed E-state index contributed by atoms with van der Waals surface area (Å²) in [6.45, 7) is 2.70. The van der Waals surface area contributed by atoms with E-state index in [4.69, 9.17) is 10.5 Å². The van der Waals surface area contributed by atoms with Gasteiger partial charge in [0.2, 0.25) is 0 Å². The average molecular weight is 152 g/mol. The van der Waals surface area contributed by atoms with Crippen molar-refractivity contribution in [1.82, 2.24) is 0 Å². The first-order valence-electron chi connectivity index (χ1n) is 3.21. The molecule has 0 aliphatic carbocycles. The first-order valence-corrected chi connectivity index (χ1v) is 3.21. The lowest BCUT2D eigenvalue weighted by Crippen LogP contribution is -2.07. The van der Waals surface area contributed by atoms with Crippen LogP contribution in [0.25, 0.3) is 0 Å². The van der Waals surface area contributed by atoms with Gasteiger partial charge in [0.25, 0.3) is 0 Å². The van der Waals surface area contributed by atoms with E-state index in [1.165, 1.54) is 6.42 Å². The smallest absolute Gasteiger partial charge is 0.0495 e. The summed E-state index contributed by atoms with van der Waals surface area (Å²) in [5.41, 5.74) is 5.35. The molecule has 0 aromatic heterocycles.